The fourth-order valence-corrected chi connectivity index (χ4v) is 3.17. The molecule has 0 saturated heterocycles. The Morgan fingerprint density at radius 1 is 0.500 bits per heavy atom. The second-order valence-electron chi connectivity index (χ2n) is 5.06. The SMILES string of the molecule is CCCCP(=O)([O-])[O-].CCCCP(=O)([O-])[O-].CCCCP(=O)([O-])[O-].[Sb+3].[Sb+3]. The summed E-state index contributed by atoms with van der Waals surface area (Å²) in [4.78, 5) is 59.2. The van der Waals surface area contributed by atoms with E-state index in [4.69, 9.17) is 0 Å². The Balaban J connectivity index is -0.0000000817. The Labute approximate surface area is 191 Å². The Hall–Kier alpha value is 2.09. The van der Waals surface area contributed by atoms with Crippen molar-refractivity contribution < 1.29 is 43.1 Å². The third-order valence-corrected chi connectivity index (χ3v) is 4.95. The molecule has 0 amide bonds. The van der Waals surface area contributed by atoms with Crippen LogP contribution in [0.4, 0.5) is 0 Å². The molecule has 0 aliphatic rings. The van der Waals surface area contributed by atoms with Crippen LogP contribution in [0.3, 0.4) is 0 Å². The molecule has 0 aromatic carbocycles. The molecule has 0 rings (SSSR count). The van der Waals surface area contributed by atoms with Crippen LogP contribution in [0, 0.1) is 0 Å². The van der Waals surface area contributed by atoms with Gasteiger partial charge in [0.05, 0.1) is 0 Å². The molecule has 0 aromatic rings. The van der Waals surface area contributed by atoms with Crippen LogP contribution in [0.25, 0.3) is 0 Å². The van der Waals surface area contributed by atoms with Gasteiger partial charge in [0.25, 0.3) is 0 Å². The standard InChI is InChI=1S/3C4H11O3P.2Sb/c3*1-2-3-4-8(5,6)7;;/h3*2-4H2,1H3,(H2,5,6,7);;/q;;;2*+3/p-6. The van der Waals surface area contributed by atoms with Crippen molar-refractivity contribution >= 4 is 71.6 Å². The van der Waals surface area contributed by atoms with Gasteiger partial charge in [0.15, 0.2) is 0 Å². The fraction of sp³-hybridized carbons (Fsp3) is 1.00. The summed E-state index contributed by atoms with van der Waals surface area (Å²) in [5.74, 6) is 0. The number of unbranched alkanes of at least 4 members (excludes halogenated alkanes) is 3. The molecule has 0 heterocycles. The maximum Gasteiger partial charge on any atom is 3.00 e. The largest absolute Gasteiger partial charge is 3.00 e. The minimum atomic E-state index is -4.18. The molecule has 9 nitrogen and oxygen atoms in total. The van der Waals surface area contributed by atoms with E-state index in [0.717, 1.165) is 19.3 Å². The van der Waals surface area contributed by atoms with Gasteiger partial charge >= 0.3 is 48.9 Å². The van der Waals surface area contributed by atoms with E-state index in [0.29, 0.717) is 19.3 Å². The number of hydrogen-bond acceptors (Lipinski definition) is 9. The monoisotopic (exact) mass is 650 g/mol. The van der Waals surface area contributed by atoms with Crippen LogP contribution in [-0.4, -0.2) is 67.3 Å². The Kier molecular flexibility index (Phi) is 32.4. The maximum atomic E-state index is 9.86. The van der Waals surface area contributed by atoms with Crippen LogP contribution >= 0.6 is 22.8 Å². The van der Waals surface area contributed by atoms with E-state index in [1.165, 1.54) is 0 Å². The molecule has 4 radical (unpaired) electrons. The first-order valence-corrected chi connectivity index (χ1v) is 12.9. The minimum Gasteiger partial charge on any atom is -0.811 e. The molecule has 0 unspecified atom stereocenters. The molecule has 0 spiro atoms. The van der Waals surface area contributed by atoms with Gasteiger partial charge in [-0.15, -0.1) is 0 Å². The second kappa shape index (κ2) is 21.8. The zero-order chi connectivity index (χ0) is 19.9. The topological polar surface area (TPSA) is 190 Å². The van der Waals surface area contributed by atoms with Crippen LogP contribution in [0.15, 0.2) is 0 Å². The summed E-state index contributed by atoms with van der Waals surface area (Å²) in [6.45, 7) is 5.53. The van der Waals surface area contributed by atoms with Gasteiger partial charge in [-0.05, 0) is 37.7 Å². The average molecular weight is 652 g/mol. The molecule has 154 valence electrons. The summed E-state index contributed by atoms with van der Waals surface area (Å²) < 4.78 is 29.6. The first-order valence-electron chi connectivity index (χ1n) is 7.71. The van der Waals surface area contributed by atoms with Gasteiger partial charge in [-0.25, -0.2) is 0 Å². The molecular weight excluding hydrogens is 625 g/mol. The Morgan fingerprint density at radius 2 is 0.654 bits per heavy atom. The third-order valence-electron chi connectivity index (χ3n) is 2.36. The van der Waals surface area contributed by atoms with Crippen molar-refractivity contribution in [2.24, 2.45) is 0 Å². The van der Waals surface area contributed by atoms with Crippen LogP contribution in [0.5, 0.6) is 0 Å². The Bertz CT molecular complexity index is 358. The first kappa shape index (κ1) is 38.7. The Morgan fingerprint density at radius 3 is 0.692 bits per heavy atom. The summed E-state index contributed by atoms with van der Waals surface area (Å²) in [6, 6.07) is 0. The molecule has 14 heteroatoms. The van der Waals surface area contributed by atoms with Crippen molar-refractivity contribution in [1.29, 1.82) is 0 Å². The van der Waals surface area contributed by atoms with Crippen molar-refractivity contribution in [3.63, 3.8) is 0 Å². The quantitative estimate of drug-likeness (QED) is 0.208. The van der Waals surface area contributed by atoms with E-state index in [-0.39, 0.29) is 67.3 Å². The molecule has 0 fully saturated rings. The normalized spacial score (nSPS) is 11.0. The van der Waals surface area contributed by atoms with Crippen LogP contribution < -0.4 is 29.4 Å². The van der Waals surface area contributed by atoms with Gasteiger partial charge in [0, 0.05) is 0 Å². The molecule has 0 aromatic heterocycles. The molecule has 26 heavy (non-hydrogen) atoms. The van der Waals surface area contributed by atoms with E-state index in [2.05, 4.69) is 0 Å². The second-order valence-corrected chi connectivity index (χ2v) is 10.1. The number of hydrogen-bond donors (Lipinski definition) is 0. The summed E-state index contributed by atoms with van der Waals surface area (Å²) >= 11 is 0. The summed E-state index contributed by atoms with van der Waals surface area (Å²) in [5, 5.41) is 0. The van der Waals surface area contributed by atoms with E-state index in [9.17, 15) is 43.1 Å². The van der Waals surface area contributed by atoms with E-state index in [1.54, 1.807) is 0 Å². The van der Waals surface area contributed by atoms with E-state index in [1.807, 2.05) is 20.8 Å². The van der Waals surface area contributed by atoms with Crippen molar-refractivity contribution in [2.75, 3.05) is 18.5 Å². The molecule has 0 aliphatic carbocycles. The molecule has 0 saturated carbocycles. The van der Waals surface area contributed by atoms with Crippen LogP contribution in [-0.2, 0) is 13.7 Å². The van der Waals surface area contributed by atoms with Gasteiger partial charge in [0.1, 0.15) is 0 Å². The van der Waals surface area contributed by atoms with E-state index >= 15 is 0 Å². The van der Waals surface area contributed by atoms with E-state index < -0.39 is 22.8 Å². The van der Waals surface area contributed by atoms with Crippen molar-refractivity contribution in [3.05, 3.63) is 0 Å². The average Bonchev–Trinajstić information content (AvgIpc) is 2.39. The summed E-state index contributed by atoms with van der Waals surface area (Å²) in [7, 11) is -12.5. The maximum absolute atomic E-state index is 9.86. The minimum absolute atomic E-state index is 0. The van der Waals surface area contributed by atoms with Crippen LogP contribution in [0.1, 0.15) is 59.3 Å². The van der Waals surface area contributed by atoms with Crippen molar-refractivity contribution in [3.8, 4) is 0 Å². The molecule has 0 aliphatic heterocycles. The van der Waals surface area contributed by atoms with Crippen LogP contribution in [0.2, 0.25) is 0 Å². The molecule has 0 bridgehead atoms. The van der Waals surface area contributed by atoms with Gasteiger partial charge in [0.2, 0.25) is 0 Å². The van der Waals surface area contributed by atoms with Crippen molar-refractivity contribution in [1.82, 2.24) is 0 Å². The zero-order valence-corrected chi connectivity index (χ0v) is 23.1. The van der Waals surface area contributed by atoms with Gasteiger partial charge in [-0.3, -0.25) is 0 Å². The third kappa shape index (κ3) is 56.2. The predicted molar refractivity (Wildman–Crippen MR) is 93.7 cm³/mol. The molecule has 0 atom stereocenters. The van der Waals surface area contributed by atoms with Gasteiger partial charge in [-0.1, -0.05) is 62.8 Å². The van der Waals surface area contributed by atoms with Crippen molar-refractivity contribution in [2.45, 2.75) is 59.3 Å². The fourth-order valence-electron chi connectivity index (χ4n) is 1.06. The molecule has 0 N–H and O–H groups in total. The predicted octanol–water partition coefficient (Wildman–Crippen LogP) is -1.66. The van der Waals surface area contributed by atoms with Gasteiger partial charge in [-0.2, -0.15) is 0 Å². The van der Waals surface area contributed by atoms with Gasteiger partial charge < -0.3 is 43.1 Å². The smallest absolute Gasteiger partial charge is 0.811 e. The summed E-state index contributed by atoms with van der Waals surface area (Å²) in [6.07, 6.45) is 3.17. The first-order chi connectivity index (χ1) is 10.7. The summed E-state index contributed by atoms with van der Waals surface area (Å²) in [5.41, 5.74) is 0. The zero-order valence-electron chi connectivity index (χ0n) is 15.3. The number of rotatable bonds is 9. The molecular formula is C12H27O9P3Sb2.